The summed E-state index contributed by atoms with van der Waals surface area (Å²) in [5.41, 5.74) is 2.23. The average Bonchev–Trinajstić information content (AvgIpc) is 3.02. The fraction of sp³-hybridized carbons (Fsp3) is 0.235. The Bertz CT molecular complexity index is 916. The number of alkyl halides is 5. The number of rotatable bonds is 4. The van der Waals surface area contributed by atoms with Crippen LogP contribution in [0.5, 0.6) is 5.75 Å². The van der Waals surface area contributed by atoms with Crippen LogP contribution in [-0.2, 0) is 10.4 Å². The Balaban J connectivity index is 2.00. The van der Waals surface area contributed by atoms with Crippen molar-refractivity contribution in [3.8, 4) is 5.75 Å². The van der Waals surface area contributed by atoms with Crippen LogP contribution in [0.2, 0.25) is 10.0 Å². The van der Waals surface area contributed by atoms with Gasteiger partial charge in [0.25, 0.3) is 5.60 Å². The smallest absolute Gasteiger partial charge is 0.433 e. The molecule has 0 radical (unpaired) electrons. The van der Waals surface area contributed by atoms with Gasteiger partial charge in [0.1, 0.15) is 5.75 Å². The molecule has 0 saturated heterocycles. The highest BCUT2D eigenvalue weighted by molar-refractivity contribution is 6.34. The number of hydrogen-bond acceptors (Lipinski definition) is 4. The highest BCUT2D eigenvalue weighted by Crippen LogP contribution is 2.49. The predicted octanol–water partition coefficient (Wildman–Crippen LogP) is 5.76. The van der Waals surface area contributed by atoms with Gasteiger partial charge in [-0.2, -0.15) is 22.0 Å². The number of benzene rings is 2. The zero-order valence-electron chi connectivity index (χ0n) is 13.7. The van der Waals surface area contributed by atoms with Crippen LogP contribution in [0.15, 0.2) is 41.6 Å². The van der Waals surface area contributed by atoms with Gasteiger partial charge in [0.15, 0.2) is 0 Å². The molecular formula is C17H11Cl2F5N2O2. The number of anilines is 1. The SMILES string of the molecule is Nc1ccc(C2=NOC(c3cc(Cl)cc(Cl)c3)(C(F)(F)F)C2)cc1OC(F)F. The lowest BCUT2D eigenvalue weighted by atomic mass is 9.86. The number of hydrogen-bond donors (Lipinski definition) is 1. The second-order valence-electron chi connectivity index (χ2n) is 5.92. The summed E-state index contributed by atoms with van der Waals surface area (Å²) in [4.78, 5) is 4.84. The van der Waals surface area contributed by atoms with Gasteiger partial charge in [-0.1, -0.05) is 34.4 Å². The fourth-order valence-corrected chi connectivity index (χ4v) is 3.28. The van der Waals surface area contributed by atoms with Crippen molar-refractivity contribution < 1.29 is 31.5 Å². The van der Waals surface area contributed by atoms with Crippen LogP contribution >= 0.6 is 23.2 Å². The molecule has 2 aromatic rings. The molecule has 150 valence electrons. The molecule has 0 aromatic heterocycles. The number of nitrogens with two attached hydrogens (primary N) is 1. The third-order valence-corrected chi connectivity index (χ3v) is 4.51. The molecule has 0 aliphatic carbocycles. The Hall–Kier alpha value is -2.26. The van der Waals surface area contributed by atoms with Crippen molar-refractivity contribution in [1.82, 2.24) is 0 Å². The summed E-state index contributed by atoms with van der Waals surface area (Å²) < 4.78 is 71.1. The van der Waals surface area contributed by atoms with Gasteiger partial charge >= 0.3 is 12.8 Å². The molecule has 2 aromatic carbocycles. The molecule has 0 spiro atoms. The minimum Gasteiger partial charge on any atom is -0.433 e. The molecule has 1 atom stereocenters. The lowest BCUT2D eigenvalue weighted by Gasteiger charge is -2.29. The Morgan fingerprint density at radius 1 is 1.11 bits per heavy atom. The summed E-state index contributed by atoms with van der Waals surface area (Å²) in [6.07, 6.45) is -5.60. The van der Waals surface area contributed by atoms with Crippen molar-refractivity contribution in [1.29, 1.82) is 0 Å². The van der Waals surface area contributed by atoms with Crippen LogP contribution in [0.4, 0.5) is 27.6 Å². The quantitative estimate of drug-likeness (QED) is 0.485. The number of nitrogens with zero attached hydrogens (tertiary/aromatic N) is 1. The summed E-state index contributed by atoms with van der Waals surface area (Å²) in [7, 11) is 0. The minimum absolute atomic E-state index is 0.0109. The predicted molar refractivity (Wildman–Crippen MR) is 93.9 cm³/mol. The first kappa shape index (κ1) is 20.5. The van der Waals surface area contributed by atoms with Crippen molar-refractivity contribution in [2.45, 2.75) is 24.8 Å². The van der Waals surface area contributed by atoms with E-state index in [-0.39, 0.29) is 38.3 Å². The van der Waals surface area contributed by atoms with Crippen molar-refractivity contribution in [2.24, 2.45) is 5.16 Å². The third-order valence-electron chi connectivity index (χ3n) is 4.08. The summed E-state index contributed by atoms with van der Waals surface area (Å²) in [6, 6.07) is 7.05. The molecule has 28 heavy (non-hydrogen) atoms. The van der Waals surface area contributed by atoms with Crippen molar-refractivity contribution in [2.75, 3.05) is 5.73 Å². The molecule has 1 aliphatic rings. The fourth-order valence-electron chi connectivity index (χ4n) is 2.76. The van der Waals surface area contributed by atoms with E-state index < -0.39 is 24.8 Å². The van der Waals surface area contributed by atoms with Gasteiger partial charge in [0.2, 0.25) is 0 Å². The number of nitrogen functional groups attached to an aromatic ring is 1. The maximum absolute atomic E-state index is 13.9. The maximum atomic E-state index is 13.9. The molecule has 1 unspecified atom stereocenters. The van der Waals surface area contributed by atoms with Crippen molar-refractivity contribution in [3.63, 3.8) is 0 Å². The lowest BCUT2D eigenvalue weighted by molar-refractivity contribution is -0.275. The third kappa shape index (κ3) is 3.81. The van der Waals surface area contributed by atoms with E-state index in [1.165, 1.54) is 18.2 Å². The Morgan fingerprint density at radius 3 is 2.32 bits per heavy atom. The first-order valence-electron chi connectivity index (χ1n) is 7.65. The standard InChI is InChI=1S/C17H11Cl2F5N2O2/c18-10-4-9(5-11(19)6-10)16(17(22,23)24)7-13(26-28-16)8-1-2-12(25)14(3-8)27-15(20)21/h1-6,15H,7,25H2. The molecule has 4 nitrogen and oxygen atoms in total. The average molecular weight is 441 g/mol. The normalized spacial score (nSPS) is 19.5. The van der Waals surface area contributed by atoms with E-state index >= 15 is 0 Å². The van der Waals surface area contributed by atoms with Crippen LogP contribution in [0.3, 0.4) is 0 Å². The zero-order valence-corrected chi connectivity index (χ0v) is 15.2. The summed E-state index contributed by atoms with van der Waals surface area (Å²) in [6.45, 7) is -3.15. The molecule has 1 heterocycles. The van der Waals surface area contributed by atoms with Gasteiger partial charge in [-0.15, -0.1) is 0 Å². The Labute approximate surface area is 165 Å². The van der Waals surface area contributed by atoms with E-state index in [2.05, 4.69) is 9.89 Å². The van der Waals surface area contributed by atoms with E-state index in [0.29, 0.717) is 0 Å². The molecule has 2 N–H and O–H groups in total. The maximum Gasteiger partial charge on any atom is 0.435 e. The Kier molecular flexibility index (Phi) is 5.33. The highest BCUT2D eigenvalue weighted by atomic mass is 35.5. The summed E-state index contributed by atoms with van der Waals surface area (Å²) in [5, 5.41) is 3.52. The lowest BCUT2D eigenvalue weighted by Crippen LogP contribution is -2.42. The molecule has 0 bridgehead atoms. The number of halogens is 7. The van der Waals surface area contributed by atoms with Gasteiger partial charge in [-0.25, -0.2) is 0 Å². The van der Waals surface area contributed by atoms with Crippen molar-refractivity contribution >= 4 is 34.6 Å². The first-order chi connectivity index (χ1) is 13.0. The summed E-state index contributed by atoms with van der Waals surface area (Å²) in [5.74, 6) is -0.384. The highest BCUT2D eigenvalue weighted by Gasteiger charge is 2.62. The second-order valence-corrected chi connectivity index (χ2v) is 6.79. The molecule has 3 rings (SSSR count). The van der Waals surface area contributed by atoms with E-state index in [1.807, 2.05) is 0 Å². The van der Waals surface area contributed by atoms with E-state index in [4.69, 9.17) is 33.8 Å². The summed E-state index contributed by atoms with van der Waals surface area (Å²) >= 11 is 11.7. The molecule has 1 aliphatic heterocycles. The van der Waals surface area contributed by atoms with Crippen LogP contribution < -0.4 is 10.5 Å². The van der Waals surface area contributed by atoms with E-state index in [1.54, 1.807) is 0 Å². The van der Waals surface area contributed by atoms with Crippen LogP contribution in [0.25, 0.3) is 0 Å². The first-order valence-corrected chi connectivity index (χ1v) is 8.40. The number of oxime groups is 1. The monoisotopic (exact) mass is 440 g/mol. The van der Waals surface area contributed by atoms with Crippen LogP contribution in [0, 0.1) is 0 Å². The van der Waals surface area contributed by atoms with Crippen LogP contribution in [-0.4, -0.2) is 18.5 Å². The second kappa shape index (κ2) is 7.29. The molecule has 0 saturated carbocycles. The molecule has 11 heteroatoms. The minimum atomic E-state index is -4.87. The van der Waals surface area contributed by atoms with Crippen molar-refractivity contribution in [3.05, 3.63) is 57.6 Å². The zero-order chi connectivity index (χ0) is 20.7. The largest absolute Gasteiger partial charge is 0.435 e. The van der Waals surface area contributed by atoms with Crippen LogP contribution in [0.1, 0.15) is 17.5 Å². The van der Waals surface area contributed by atoms with Gasteiger partial charge in [-0.05, 0) is 30.3 Å². The van der Waals surface area contributed by atoms with E-state index in [0.717, 1.165) is 18.2 Å². The number of ether oxygens (including phenoxy) is 1. The van der Waals surface area contributed by atoms with Gasteiger partial charge in [-0.3, -0.25) is 0 Å². The molecular weight excluding hydrogens is 430 g/mol. The topological polar surface area (TPSA) is 56.8 Å². The Morgan fingerprint density at radius 2 is 1.75 bits per heavy atom. The molecule has 0 fully saturated rings. The molecule has 0 amide bonds. The van der Waals surface area contributed by atoms with Gasteiger partial charge in [0, 0.05) is 27.6 Å². The van der Waals surface area contributed by atoms with Gasteiger partial charge in [0.05, 0.1) is 11.4 Å². The van der Waals surface area contributed by atoms with Gasteiger partial charge < -0.3 is 15.3 Å². The van der Waals surface area contributed by atoms with E-state index in [9.17, 15) is 22.0 Å².